The van der Waals surface area contributed by atoms with Gasteiger partial charge in [0.25, 0.3) is 5.91 Å². The van der Waals surface area contributed by atoms with E-state index in [2.05, 4.69) is 12.2 Å². The summed E-state index contributed by atoms with van der Waals surface area (Å²) in [7, 11) is 0. The maximum atomic E-state index is 12.1. The second-order valence-electron chi connectivity index (χ2n) is 6.33. The van der Waals surface area contributed by atoms with Crippen molar-refractivity contribution >= 4 is 11.9 Å². The maximum absolute atomic E-state index is 12.1. The van der Waals surface area contributed by atoms with Gasteiger partial charge in [-0.05, 0) is 44.2 Å². The van der Waals surface area contributed by atoms with Crippen LogP contribution in [0.1, 0.15) is 54.1 Å². The first kappa shape index (κ1) is 16.5. The normalized spacial score (nSPS) is 21.2. The third-order valence-corrected chi connectivity index (χ3v) is 4.41. The monoisotopic (exact) mass is 303 g/mol. The molecule has 1 aliphatic rings. The molecule has 1 saturated carbocycles. The number of amides is 1. The van der Waals surface area contributed by atoms with Gasteiger partial charge in [-0.15, -0.1) is 0 Å². The molecular formula is C18H25NO3. The lowest BCUT2D eigenvalue weighted by atomic mass is 9.86. The highest BCUT2D eigenvalue weighted by molar-refractivity contribution is 5.92. The van der Waals surface area contributed by atoms with Gasteiger partial charge in [-0.1, -0.05) is 37.5 Å². The van der Waals surface area contributed by atoms with Gasteiger partial charge in [0.05, 0.1) is 5.56 Å². The van der Waals surface area contributed by atoms with Crippen molar-refractivity contribution < 1.29 is 14.3 Å². The third kappa shape index (κ3) is 4.33. The Kier molecular flexibility index (Phi) is 5.58. The Bertz CT molecular complexity index is 553. The molecule has 1 amide bonds. The summed E-state index contributed by atoms with van der Waals surface area (Å²) in [6, 6.07) is 5.83. The molecule has 1 N–H and O–H groups in total. The molecule has 1 fully saturated rings. The molecular weight excluding hydrogens is 278 g/mol. The van der Waals surface area contributed by atoms with Gasteiger partial charge in [0.2, 0.25) is 0 Å². The molecule has 1 aliphatic carbocycles. The van der Waals surface area contributed by atoms with Crippen molar-refractivity contribution in [2.75, 3.05) is 6.61 Å². The zero-order valence-corrected chi connectivity index (χ0v) is 13.6. The standard InChI is InChI=1S/C18H25NO3/c1-12-8-9-13(2)15(10-12)18(21)22-11-17(20)19-16-7-5-4-6-14(16)3/h8-10,14,16H,4-7,11H2,1-3H3,(H,19,20). The quantitative estimate of drug-likeness (QED) is 0.869. The summed E-state index contributed by atoms with van der Waals surface area (Å²) < 4.78 is 5.15. The van der Waals surface area contributed by atoms with Crippen LogP contribution in [0.15, 0.2) is 18.2 Å². The minimum Gasteiger partial charge on any atom is -0.452 e. The van der Waals surface area contributed by atoms with E-state index in [0.29, 0.717) is 11.5 Å². The summed E-state index contributed by atoms with van der Waals surface area (Å²) >= 11 is 0. The van der Waals surface area contributed by atoms with Crippen LogP contribution in [0.3, 0.4) is 0 Å². The molecule has 4 heteroatoms. The van der Waals surface area contributed by atoms with E-state index in [9.17, 15) is 9.59 Å². The average molecular weight is 303 g/mol. The lowest BCUT2D eigenvalue weighted by Gasteiger charge is -2.29. The molecule has 0 heterocycles. The van der Waals surface area contributed by atoms with E-state index in [1.807, 2.05) is 26.0 Å². The fraction of sp³-hybridized carbons (Fsp3) is 0.556. The van der Waals surface area contributed by atoms with E-state index in [-0.39, 0.29) is 18.6 Å². The van der Waals surface area contributed by atoms with Crippen molar-refractivity contribution in [1.82, 2.24) is 5.32 Å². The summed E-state index contributed by atoms with van der Waals surface area (Å²) in [6.07, 6.45) is 4.54. The number of aryl methyl sites for hydroxylation is 2. The second kappa shape index (κ2) is 7.43. The fourth-order valence-corrected chi connectivity index (χ4v) is 2.94. The molecule has 0 aromatic heterocycles. The molecule has 0 spiro atoms. The van der Waals surface area contributed by atoms with Crippen LogP contribution in [-0.4, -0.2) is 24.5 Å². The molecule has 2 unspecified atom stereocenters. The Balaban J connectivity index is 1.85. The summed E-state index contributed by atoms with van der Waals surface area (Å²) in [5.74, 6) is -0.155. The van der Waals surface area contributed by atoms with Crippen molar-refractivity contribution in [2.24, 2.45) is 5.92 Å². The van der Waals surface area contributed by atoms with E-state index in [0.717, 1.165) is 30.4 Å². The summed E-state index contributed by atoms with van der Waals surface area (Å²) in [6.45, 7) is 5.73. The van der Waals surface area contributed by atoms with E-state index in [1.54, 1.807) is 6.07 Å². The highest BCUT2D eigenvalue weighted by Crippen LogP contribution is 2.23. The van der Waals surface area contributed by atoms with E-state index < -0.39 is 5.97 Å². The van der Waals surface area contributed by atoms with Gasteiger partial charge < -0.3 is 10.1 Å². The number of ether oxygens (including phenoxy) is 1. The van der Waals surface area contributed by atoms with Crippen LogP contribution in [0.25, 0.3) is 0 Å². The Hall–Kier alpha value is -1.84. The molecule has 120 valence electrons. The molecule has 0 aliphatic heterocycles. The maximum Gasteiger partial charge on any atom is 0.338 e. The van der Waals surface area contributed by atoms with Gasteiger partial charge in [0.1, 0.15) is 0 Å². The number of esters is 1. The van der Waals surface area contributed by atoms with E-state index in [1.165, 1.54) is 6.42 Å². The van der Waals surface area contributed by atoms with Crippen LogP contribution in [0.4, 0.5) is 0 Å². The van der Waals surface area contributed by atoms with E-state index >= 15 is 0 Å². The zero-order valence-electron chi connectivity index (χ0n) is 13.6. The van der Waals surface area contributed by atoms with Gasteiger partial charge in [0.15, 0.2) is 6.61 Å². The van der Waals surface area contributed by atoms with Crippen molar-refractivity contribution in [3.05, 3.63) is 34.9 Å². The largest absolute Gasteiger partial charge is 0.452 e. The highest BCUT2D eigenvalue weighted by atomic mass is 16.5. The third-order valence-electron chi connectivity index (χ3n) is 4.41. The zero-order chi connectivity index (χ0) is 16.1. The summed E-state index contributed by atoms with van der Waals surface area (Å²) in [5.41, 5.74) is 2.38. The Morgan fingerprint density at radius 3 is 2.68 bits per heavy atom. The predicted octanol–water partition coefficient (Wildman–Crippen LogP) is 3.16. The topological polar surface area (TPSA) is 55.4 Å². The first-order chi connectivity index (χ1) is 10.5. The van der Waals surface area contributed by atoms with Gasteiger partial charge in [-0.2, -0.15) is 0 Å². The van der Waals surface area contributed by atoms with Crippen molar-refractivity contribution in [2.45, 2.75) is 52.5 Å². The lowest BCUT2D eigenvalue weighted by molar-refractivity contribution is -0.125. The van der Waals surface area contributed by atoms with Gasteiger partial charge >= 0.3 is 5.97 Å². The molecule has 0 saturated heterocycles. The Morgan fingerprint density at radius 1 is 1.23 bits per heavy atom. The summed E-state index contributed by atoms with van der Waals surface area (Å²) in [5, 5.41) is 2.99. The van der Waals surface area contributed by atoms with Gasteiger partial charge in [0, 0.05) is 6.04 Å². The molecule has 1 aromatic carbocycles. The molecule has 1 aromatic rings. The molecule has 0 bridgehead atoms. The van der Waals surface area contributed by atoms with Crippen LogP contribution in [0, 0.1) is 19.8 Å². The molecule has 0 radical (unpaired) electrons. The highest BCUT2D eigenvalue weighted by Gasteiger charge is 2.23. The van der Waals surface area contributed by atoms with Crippen molar-refractivity contribution in [3.63, 3.8) is 0 Å². The molecule has 22 heavy (non-hydrogen) atoms. The van der Waals surface area contributed by atoms with Crippen LogP contribution in [0.5, 0.6) is 0 Å². The number of rotatable bonds is 4. The van der Waals surface area contributed by atoms with Gasteiger partial charge in [-0.3, -0.25) is 4.79 Å². The number of hydrogen-bond acceptors (Lipinski definition) is 3. The van der Waals surface area contributed by atoms with Crippen LogP contribution in [-0.2, 0) is 9.53 Å². The number of nitrogens with one attached hydrogen (secondary N) is 1. The lowest BCUT2D eigenvalue weighted by Crippen LogP contribution is -2.42. The minimum absolute atomic E-state index is 0.209. The van der Waals surface area contributed by atoms with Crippen molar-refractivity contribution in [3.8, 4) is 0 Å². The average Bonchev–Trinajstić information content (AvgIpc) is 2.49. The van der Waals surface area contributed by atoms with Gasteiger partial charge in [-0.25, -0.2) is 4.79 Å². The number of hydrogen-bond donors (Lipinski definition) is 1. The SMILES string of the molecule is Cc1ccc(C)c(C(=O)OCC(=O)NC2CCCCC2C)c1. The molecule has 4 nitrogen and oxygen atoms in total. The second-order valence-corrected chi connectivity index (χ2v) is 6.33. The van der Waals surface area contributed by atoms with Crippen LogP contribution < -0.4 is 5.32 Å². The van der Waals surface area contributed by atoms with Crippen molar-refractivity contribution in [1.29, 1.82) is 0 Å². The number of carbonyl (C=O) groups is 2. The minimum atomic E-state index is -0.437. The smallest absolute Gasteiger partial charge is 0.338 e. The Morgan fingerprint density at radius 2 is 1.95 bits per heavy atom. The predicted molar refractivity (Wildman–Crippen MR) is 85.8 cm³/mol. The first-order valence-corrected chi connectivity index (χ1v) is 8.01. The number of benzene rings is 1. The molecule has 2 atom stereocenters. The Labute approximate surface area is 132 Å². The van der Waals surface area contributed by atoms with Crippen LogP contribution in [0.2, 0.25) is 0 Å². The molecule has 2 rings (SSSR count). The van der Waals surface area contributed by atoms with E-state index in [4.69, 9.17) is 4.74 Å². The summed E-state index contributed by atoms with van der Waals surface area (Å²) in [4.78, 5) is 24.0. The first-order valence-electron chi connectivity index (χ1n) is 8.01. The van der Waals surface area contributed by atoms with Crippen LogP contribution >= 0.6 is 0 Å². The number of carbonyl (C=O) groups excluding carboxylic acids is 2. The fourth-order valence-electron chi connectivity index (χ4n) is 2.94.